The largest absolute Gasteiger partial charge is 0.481 e. The van der Waals surface area contributed by atoms with Gasteiger partial charge in [0.1, 0.15) is 0 Å². The number of carboxylic acid groups (broad SMARTS) is 1. The Morgan fingerprint density at radius 1 is 1.30 bits per heavy atom. The Morgan fingerprint density at radius 2 is 1.90 bits per heavy atom. The van der Waals surface area contributed by atoms with Gasteiger partial charge in [-0.3, -0.25) is 14.4 Å². The van der Waals surface area contributed by atoms with Gasteiger partial charge in [0.05, 0.1) is 22.8 Å². The highest BCUT2D eigenvalue weighted by atomic mass is 35.5. The second-order valence-electron chi connectivity index (χ2n) is 5.23. The van der Waals surface area contributed by atoms with E-state index >= 15 is 0 Å². The molecule has 1 N–H and O–H groups in total. The van der Waals surface area contributed by atoms with E-state index in [0.29, 0.717) is 6.54 Å². The number of nitrogens with zero attached hydrogens (tertiary/aromatic N) is 4. The van der Waals surface area contributed by atoms with Crippen LogP contribution in [0.5, 0.6) is 0 Å². The third kappa shape index (κ3) is 3.71. The highest BCUT2D eigenvalue weighted by Crippen LogP contribution is 2.21. The number of hydrogen-bond acceptors (Lipinski definition) is 4. The number of halogens is 1. The average molecular weight is 301 g/mol. The standard InChI is InChI=1S/C13H21ClN4O2/c1-10-13(14)11(16(2)15-10)9-18-7-5-17(6-8-18)4-3-12(19)20/h3-9H2,1-2H3,(H,19,20). The van der Waals surface area contributed by atoms with Crippen LogP contribution in [0.25, 0.3) is 0 Å². The molecule has 1 aliphatic rings. The smallest absolute Gasteiger partial charge is 0.304 e. The number of aromatic nitrogens is 2. The van der Waals surface area contributed by atoms with Crippen LogP contribution in [0, 0.1) is 6.92 Å². The first kappa shape index (κ1) is 15.3. The Bertz CT molecular complexity index is 481. The fraction of sp³-hybridized carbons (Fsp3) is 0.692. The predicted octanol–water partition coefficient (Wildman–Crippen LogP) is 0.974. The topological polar surface area (TPSA) is 61.6 Å². The van der Waals surface area contributed by atoms with Crippen LogP contribution in [-0.4, -0.2) is 63.4 Å². The minimum Gasteiger partial charge on any atom is -0.481 e. The van der Waals surface area contributed by atoms with Gasteiger partial charge >= 0.3 is 5.97 Å². The van der Waals surface area contributed by atoms with Crippen molar-refractivity contribution in [2.75, 3.05) is 32.7 Å². The van der Waals surface area contributed by atoms with Crippen molar-refractivity contribution in [1.29, 1.82) is 0 Å². The number of carbonyl (C=O) groups is 1. The number of piperazine rings is 1. The molecule has 0 aliphatic carbocycles. The summed E-state index contributed by atoms with van der Waals surface area (Å²) in [4.78, 5) is 15.1. The number of aliphatic carboxylic acids is 1. The second kappa shape index (κ2) is 6.56. The number of hydrogen-bond donors (Lipinski definition) is 1. The van der Waals surface area contributed by atoms with Crippen LogP contribution in [0.4, 0.5) is 0 Å². The van der Waals surface area contributed by atoms with Crippen molar-refractivity contribution in [3.63, 3.8) is 0 Å². The molecule has 0 saturated carbocycles. The Hall–Kier alpha value is -1.11. The van der Waals surface area contributed by atoms with Crippen molar-refractivity contribution >= 4 is 17.6 Å². The molecule has 0 atom stereocenters. The maximum Gasteiger partial charge on any atom is 0.304 e. The highest BCUT2D eigenvalue weighted by Gasteiger charge is 2.20. The van der Waals surface area contributed by atoms with E-state index < -0.39 is 5.97 Å². The Morgan fingerprint density at radius 3 is 2.40 bits per heavy atom. The van der Waals surface area contributed by atoms with Gasteiger partial charge in [0.2, 0.25) is 0 Å². The van der Waals surface area contributed by atoms with Crippen LogP contribution in [0.15, 0.2) is 0 Å². The maximum atomic E-state index is 10.6. The molecule has 1 aromatic heterocycles. The first-order chi connectivity index (χ1) is 9.47. The molecule has 1 saturated heterocycles. The molecule has 0 spiro atoms. The van der Waals surface area contributed by atoms with E-state index in [4.69, 9.17) is 16.7 Å². The summed E-state index contributed by atoms with van der Waals surface area (Å²) in [6.07, 6.45) is 0.215. The lowest BCUT2D eigenvalue weighted by molar-refractivity contribution is -0.137. The van der Waals surface area contributed by atoms with E-state index in [1.165, 1.54) is 0 Å². The molecule has 7 heteroatoms. The number of aryl methyl sites for hydroxylation is 2. The van der Waals surface area contributed by atoms with Gasteiger partial charge in [-0.05, 0) is 6.92 Å². The van der Waals surface area contributed by atoms with Gasteiger partial charge < -0.3 is 10.0 Å². The summed E-state index contributed by atoms with van der Waals surface area (Å²) >= 11 is 6.26. The first-order valence-electron chi connectivity index (χ1n) is 6.82. The van der Waals surface area contributed by atoms with E-state index in [1.54, 1.807) is 0 Å². The average Bonchev–Trinajstić information content (AvgIpc) is 2.64. The Balaban J connectivity index is 1.84. The van der Waals surface area contributed by atoms with Crippen LogP contribution in [0.3, 0.4) is 0 Å². The van der Waals surface area contributed by atoms with Crippen molar-refractivity contribution in [2.24, 2.45) is 7.05 Å². The van der Waals surface area contributed by atoms with E-state index in [1.807, 2.05) is 18.7 Å². The van der Waals surface area contributed by atoms with Crippen LogP contribution < -0.4 is 0 Å². The molecular weight excluding hydrogens is 280 g/mol. The third-order valence-corrected chi connectivity index (χ3v) is 4.23. The normalized spacial score (nSPS) is 17.6. The SMILES string of the molecule is Cc1nn(C)c(CN2CCN(CCC(=O)O)CC2)c1Cl. The molecule has 0 unspecified atom stereocenters. The van der Waals surface area contributed by atoms with Gasteiger partial charge in [-0.15, -0.1) is 0 Å². The zero-order chi connectivity index (χ0) is 14.7. The van der Waals surface area contributed by atoms with Crippen molar-refractivity contribution < 1.29 is 9.90 Å². The van der Waals surface area contributed by atoms with Crippen molar-refractivity contribution in [3.05, 3.63) is 16.4 Å². The lowest BCUT2D eigenvalue weighted by atomic mass is 10.2. The molecule has 112 valence electrons. The summed E-state index contributed by atoms with van der Waals surface area (Å²) in [7, 11) is 1.91. The number of rotatable bonds is 5. The van der Waals surface area contributed by atoms with Gasteiger partial charge in [0, 0.05) is 46.3 Å². The van der Waals surface area contributed by atoms with Crippen LogP contribution in [0.1, 0.15) is 17.8 Å². The fourth-order valence-corrected chi connectivity index (χ4v) is 2.71. The maximum absolute atomic E-state index is 10.6. The van der Waals surface area contributed by atoms with Crippen LogP contribution >= 0.6 is 11.6 Å². The lowest BCUT2D eigenvalue weighted by Gasteiger charge is -2.34. The summed E-state index contributed by atoms with van der Waals surface area (Å²) in [5.74, 6) is -0.732. The quantitative estimate of drug-likeness (QED) is 0.878. The summed E-state index contributed by atoms with van der Waals surface area (Å²) in [5, 5.41) is 13.8. The zero-order valence-electron chi connectivity index (χ0n) is 12.0. The number of carboxylic acids is 1. The second-order valence-corrected chi connectivity index (χ2v) is 5.61. The van der Waals surface area contributed by atoms with E-state index in [2.05, 4.69) is 14.9 Å². The molecular formula is C13H21ClN4O2. The van der Waals surface area contributed by atoms with Gasteiger partial charge in [0.15, 0.2) is 0 Å². The molecule has 0 amide bonds. The Labute approximate surface area is 123 Å². The molecule has 2 heterocycles. The Kier molecular flexibility index (Phi) is 5.01. The highest BCUT2D eigenvalue weighted by molar-refractivity contribution is 6.31. The van der Waals surface area contributed by atoms with E-state index in [-0.39, 0.29) is 6.42 Å². The van der Waals surface area contributed by atoms with Crippen molar-refractivity contribution in [3.8, 4) is 0 Å². The monoisotopic (exact) mass is 300 g/mol. The fourth-order valence-electron chi connectivity index (χ4n) is 2.49. The summed E-state index contributed by atoms with van der Waals surface area (Å²) in [6.45, 7) is 7.01. The molecule has 20 heavy (non-hydrogen) atoms. The van der Waals surface area contributed by atoms with Crippen LogP contribution in [-0.2, 0) is 18.4 Å². The molecule has 1 aliphatic heterocycles. The summed E-state index contributed by atoms with van der Waals surface area (Å²) in [5.41, 5.74) is 1.91. The van der Waals surface area contributed by atoms with Crippen molar-refractivity contribution in [1.82, 2.24) is 19.6 Å². The summed E-state index contributed by atoms with van der Waals surface area (Å²) in [6, 6.07) is 0. The van der Waals surface area contributed by atoms with Crippen LogP contribution in [0.2, 0.25) is 5.02 Å². The lowest BCUT2D eigenvalue weighted by Crippen LogP contribution is -2.46. The molecule has 0 aromatic carbocycles. The molecule has 0 radical (unpaired) electrons. The minimum absolute atomic E-state index is 0.215. The van der Waals surface area contributed by atoms with Crippen molar-refractivity contribution in [2.45, 2.75) is 19.9 Å². The predicted molar refractivity (Wildman–Crippen MR) is 76.9 cm³/mol. The van der Waals surface area contributed by atoms with Gasteiger partial charge in [0.25, 0.3) is 0 Å². The first-order valence-corrected chi connectivity index (χ1v) is 7.19. The molecule has 6 nitrogen and oxygen atoms in total. The van der Waals surface area contributed by atoms with Gasteiger partial charge in [-0.1, -0.05) is 11.6 Å². The molecule has 1 aromatic rings. The van der Waals surface area contributed by atoms with E-state index in [9.17, 15) is 4.79 Å². The summed E-state index contributed by atoms with van der Waals surface area (Å²) < 4.78 is 1.84. The zero-order valence-corrected chi connectivity index (χ0v) is 12.7. The molecule has 0 bridgehead atoms. The molecule has 1 fully saturated rings. The third-order valence-electron chi connectivity index (χ3n) is 3.74. The minimum atomic E-state index is -0.732. The van der Waals surface area contributed by atoms with Gasteiger partial charge in [-0.25, -0.2) is 0 Å². The van der Waals surface area contributed by atoms with E-state index in [0.717, 1.165) is 49.1 Å². The molecule has 2 rings (SSSR count). The van der Waals surface area contributed by atoms with Gasteiger partial charge in [-0.2, -0.15) is 5.10 Å².